The molecule has 0 radical (unpaired) electrons. The number of hydrogen-bond donors (Lipinski definition) is 1. The van der Waals surface area contributed by atoms with E-state index in [0.29, 0.717) is 18.7 Å². The normalized spacial score (nSPS) is 27.2. The molecule has 0 amide bonds. The Labute approximate surface area is 99.1 Å². The van der Waals surface area contributed by atoms with Crippen LogP contribution in [0.25, 0.3) is 0 Å². The summed E-state index contributed by atoms with van der Waals surface area (Å²) in [5.74, 6) is 0. The number of methoxy groups -OCH3 is 1. The van der Waals surface area contributed by atoms with Gasteiger partial charge in [-0.05, 0) is 19.3 Å². The molecule has 0 bridgehead atoms. The van der Waals surface area contributed by atoms with Crippen LogP contribution in [-0.4, -0.2) is 57.0 Å². The van der Waals surface area contributed by atoms with Gasteiger partial charge in [0.25, 0.3) is 0 Å². The van der Waals surface area contributed by atoms with Crippen LogP contribution in [0.5, 0.6) is 0 Å². The third-order valence-corrected chi connectivity index (χ3v) is 3.27. The zero-order valence-corrected chi connectivity index (χ0v) is 10.7. The quantitative estimate of drug-likeness (QED) is 0.659. The van der Waals surface area contributed by atoms with E-state index >= 15 is 0 Å². The molecule has 1 fully saturated rings. The molecule has 2 atom stereocenters. The van der Waals surface area contributed by atoms with E-state index in [-0.39, 0.29) is 0 Å². The fraction of sp³-hybridized carbons (Fsp3) is 1.00. The predicted octanol–water partition coefficient (Wildman–Crippen LogP) is 0.851. The van der Waals surface area contributed by atoms with Crippen LogP contribution in [0.15, 0.2) is 0 Å². The Morgan fingerprint density at radius 1 is 1.38 bits per heavy atom. The van der Waals surface area contributed by atoms with E-state index in [1.54, 1.807) is 7.11 Å². The van der Waals surface area contributed by atoms with Gasteiger partial charge in [0.2, 0.25) is 0 Å². The number of rotatable bonds is 7. The van der Waals surface area contributed by atoms with E-state index < -0.39 is 0 Å². The van der Waals surface area contributed by atoms with Gasteiger partial charge in [-0.3, -0.25) is 4.90 Å². The summed E-state index contributed by atoms with van der Waals surface area (Å²) in [6.07, 6.45) is 3.65. The molecular formula is C12H26N2O2. The van der Waals surface area contributed by atoms with Gasteiger partial charge in [0, 0.05) is 39.4 Å². The summed E-state index contributed by atoms with van der Waals surface area (Å²) < 4.78 is 10.9. The Morgan fingerprint density at radius 2 is 2.19 bits per heavy atom. The smallest absolute Gasteiger partial charge is 0.0599 e. The second-order valence-corrected chi connectivity index (χ2v) is 4.42. The highest BCUT2D eigenvalue weighted by Crippen LogP contribution is 2.18. The molecule has 0 aromatic heterocycles. The van der Waals surface area contributed by atoms with Crippen LogP contribution in [0, 0.1) is 0 Å². The monoisotopic (exact) mass is 230 g/mol. The minimum Gasteiger partial charge on any atom is -0.381 e. The zero-order valence-electron chi connectivity index (χ0n) is 10.7. The standard InChI is InChI=1S/C12H26N2O2/c1-3-7-16-8-6-14-5-4-12(15-2)9-11(14)10-13/h11-12H,3-10,13H2,1-2H3. The lowest BCUT2D eigenvalue weighted by Crippen LogP contribution is -2.49. The highest BCUT2D eigenvalue weighted by atomic mass is 16.5. The van der Waals surface area contributed by atoms with Gasteiger partial charge in [-0.2, -0.15) is 0 Å². The van der Waals surface area contributed by atoms with Crippen molar-refractivity contribution in [3.8, 4) is 0 Å². The van der Waals surface area contributed by atoms with Crippen molar-refractivity contribution >= 4 is 0 Å². The molecule has 4 heteroatoms. The van der Waals surface area contributed by atoms with Crippen LogP contribution < -0.4 is 5.73 Å². The lowest BCUT2D eigenvalue weighted by molar-refractivity contribution is 0.00123. The lowest BCUT2D eigenvalue weighted by atomic mass is 9.99. The molecule has 1 heterocycles. The van der Waals surface area contributed by atoms with Crippen LogP contribution in [0.4, 0.5) is 0 Å². The van der Waals surface area contributed by atoms with E-state index in [2.05, 4.69) is 11.8 Å². The first-order valence-corrected chi connectivity index (χ1v) is 6.36. The number of nitrogens with zero attached hydrogens (tertiary/aromatic N) is 1. The summed E-state index contributed by atoms with van der Waals surface area (Å²) >= 11 is 0. The molecule has 1 aliphatic heterocycles. The van der Waals surface area contributed by atoms with Crippen molar-refractivity contribution in [1.82, 2.24) is 4.90 Å². The van der Waals surface area contributed by atoms with Gasteiger partial charge in [0.15, 0.2) is 0 Å². The van der Waals surface area contributed by atoms with Crippen LogP contribution in [0.1, 0.15) is 26.2 Å². The van der Waals surface area contributed by atoms with E-state index in [4.69, 9.17) is 15.2 Å². The summed E-state index contributed by atoms with van der Waals surface area (Å²) in [6, 6.07) is 0.462. The molecule has 0 aromatic carbocycles. The van der Waals surface area contributed by atoms with Gasteiger partial charge in [-0.15, -0.1) is 0 Å². The number of nitrogens with two attached hydrogens (primary N) is 1. The Kier molecular flexibility index (Phi) is 6.96. The molecule has 4 nitrogen and oxygen atoms in total. The van der Waals surface area contributed by atoms with Crippen molar-refractivity contribution in [3.05, 3.63) is 0 Å². The van der Waals surface area contributed by atoms with Crippen molar-refractivity contribution in [2.45, 2.75) is 38.3 Å². The fourth-order valence-corrected chi connectivity index (χ4v) is 2.24. The Balaban J connectivity index is 2.24. The number of piperidine rings is 1. The number of ether oxygens (including phenoxy) is 2. The lowest BCUT2D eigenvalue weighted by Gasteiger charge is -2.38. The third kappa shape index (κ3) is 4.37. The maximum atomic E-state index is 5.80. The number of likely N-dealkylation sites (tertiary alicyclic amines) is 1. The summed E-state index contributed by atoms with van der Waals surface area (Å²) in [5, 5.41) is 0. The summed E-state index contributed by atoms with van der Waals surface area (Å²) in [5.41, 5.74) is 5.80. The minimum absolute atomic E-state index is 0.390. The van der Waals surface area contributed by atoms with Gasteiger partial charge in [-0.1, -0.05) is 6.92 Å². The van der Waals surface area contributed by atoms with Crippen molar-refractivity contribution in [2.24, 2.45) is 5.73 Å². The second kappa shape index (κ2) is 8.01. The molecule has 2 N–H and O–H groups in total. The highest BCUT2D eigenvalue weighted by Gasteiger charge is 2.26. The van der Waals surface area contributed by atoms with Crippen molar-refractivity contribution in [3.63, 3.8) is 0 Å². The highest BCUT2D eigenvalue weighted by molar-refractivity contribution is 4.82. The first-order valence-electron chi connectivity index (χ1n) is 6.36. The molecule has 2 unspecified atom stereocenters. The minimum atomic E-state index is 0.390. The van der Waals surface area contributed by atoms with Gasteiger partial charge < -0.3 is 15.2 Å². The largest absolute Gasteiger partial charge is 0.381 e. The van der Waals surface area contributed by atoms with Crippen molar-refractivity contribution in [1.29, 1.82) is 0 Å². The van der Waals surface area contributed by atoms with Crippen LogP contribution in [-0.2, 0) is 9.47 Å². The molecule has 1 rings (SSSR count). The summed E-state index contributed by atoms with van der Waals surface area (Å²) in [4.78, 5) is 2.44. The molecule has 0 aromatic rings. The summed E-state index contributed by atoms with van der Waals surface area (Å²) in [7, 11) is 1.79. The Hall–Kier alpha value is -0.160. The van der Waals surface area contributed by atoms with Gasteiger partial charge in [0.05, 0.1) is 12.7 Å². The van der Waals surface area contributed by atoms with Crippen LogP contribution in [0.3, 0.4) is 0 Å². The van der Waals surface area contributed by atoms with E-state index in [0.717, 1.165) is 45.6 Å². The van der Waals surface area contributed by atoms with Gasteiger partial charge in [0.1, 0.15) is 0 Å². The van der Waals surface area contributed by atoms with E-state index in [1.165, 1.54) is 0 Å². The first kappa shape index (κ1) is 13.9. The molecular weight excluding hydrogens is 204 g/mol. The average molecular weight is 230 g/mol. The first-order chi connectivity index (χ1) is 7.81. The number of hydrogen-bond acceptors (Lipinski definition) is 4. The SMILES string of the molecule is CCCOCCN1CCC(OC)CC1CN. The van der Waals surface area contributed by atoms with Crippen LogP contribution >= 0.6 is 0 Å². The summed E-state index contributed by atoms with van der Waals surface area (Å²) in [6.45, 7) is 6.61. The fourth-order valence-electron chi connectivity index (χ4n) is 2.24. The zero-order chi connectivity index (χ0) is 11.8. The predicted molar refractivity (Wildman–Crippen MR) is 65.6 cm³/mol. The third-order valence-electron chi connectivity index (χ3n) is 3.27. The molecule has 0 saturated carbocycles. The van der Waals surface area contributed by atoms with Gasteiger partial charge in [-0.25, -0.2) is 0 Å². The Bertz CT molecular complexity index is 178. The molecule has 1 saturated heterocycles. The molecule has 0 spiro atoms. The Morgan fingerprint density at radius 3 is 2.81 bits per heavy atom. The maximum Gasteiger partial charge on any atom is 0.0599 e. The maximum absolute atomic E-state index is 5.80. The van der Waals surface area contributed by atoms with E-state index in [1.807, 2.05) is 0 Å². The van der Waals surface area contributed by atoms with E-state index in [9.17, 15) is 0 Å². The topological polar surface area (TPSA) is 47.7 Å². The molecule has 96 valence electrons. The van der Waals surface area contributed by atoms with Crippen LogP contribution in [0.2, 0.25) is 0 Å². The average Bonchev–Trinajstić information content (AvgIpc) is 2.34. The molecule has 0 aliphatic carbocycles. The molecule has 16 heavy (non-hydrogen) atoms. The second-order valence-electron chi connectivity index (χ2n) is 4.42. The molecule has 1 aliphatic rings. The van der Waals surface area contributed by atoms with Crippen molar-refractivity contribution in [2.75, 3.05) is 40.0 Å². The van der Waals surface area contributed by atoms with Gasteiger partial charge >= 0.3 is 0 Å². The van der Waals surface area contributed by atoms with Crippen molar-refractivity contribution < 1.29 is 9.47 Å².